The Balaban J connectivity index is 2.55. The number of nitrogens with one attached hydrogen (secondary N) is 1. The summed E-state index contributed by atoms with van der Waals surface area (Å²) in [6, 6.07) is 0. The first-order valence-electron chi connectivity index (χ1n) is 8.92. The molecule has 0 spiro atoms. The lowest BCUT2D eigenvalue weighted by Gasteiger charge is -2.35. The summed E-state index contributed by atoms with van der Waals surface area (Å²) in [5, 5.41) is 12.0. The van der Waals surface area contributed by atoms with E-state index in [-0.39, 0.29) is 18.9 Å². The molecule has 0 fully saturated rings. The number of hydrogen-bond donors (Lipinski definition) is 2. The number of carbonyl (C=O) groups is 3. The van der Waals surface area contributed by atoms with Gasteiger partial charge >= 0.3 is 0 Å². The van der Waals surface area contributed by atoms with E-state index in [9.17, 15) is 14.4 Å². The van der Waals surface area contributed by atoms with Crippen molar-refractivity contribution < 1.29 is 24.2 Å². The fraction of sp³-hybridized carbons (Fsp3) is 0.737. The Labute approximate surface area is 155 Å². The molecule has 26 heavy (non-hydrogen) atoms. The Morgan fingerprint density at radius 3 is 2.12 bits per heavy atom. The number of rotatable bonds is 10. The topological polar surface area (TPSA) is 95.9 Å². The van der Waals surface area contributed by atoms with Gasteiger partial charge in [0.15, 0.2) is 0 Å². The average molecular weight is 368 g/mol. The molecule has 0 aromatic rings. The Morgan fingerprint density at radius 2 is 1.62 bits per heavy atom. The van der Waals surface area contributed by atoms with Gasteiger partial charge in [0.1, 0.15) is 0 Å². The monoisotopic (exact) mass is 368 g/mol. The molecule has 0 radical (unpaired) electrons. The van der Waals surface area contributed by atoms with Crippen LogP contribution < -0.4 is 5.32 Å². The highest BCUT2D eigenvalue weighted by Gasteiger charge is 2.39. The summed E-state index contributed by atoms with van der Waals surface area (Å²) in [5.41, 5.74) is -1.82. The van der Waals surface area contributed by atoms with Crippen molar-refractivity contribution in [2.24, 2.45) is 0 Å². The number of ether oxygens (including phenoxy) is 1. The minimum absolute atomic E-state index is 0.0203. The standard InChI is InChI=1S/C19H32N2O5/c1-17(2,10-12-26-19(5,6)9-11-22)20-14(23)13-18(3,4)21-15(24)7-8-16(21)25/h7-8,22H,9-13H2,1-6H3,(H,20,23). The van der Waals surface area contributed by atoms with Gasteiger partial charge in [-0.2, -0.15) is 0 Å². The van der Waals surface area contributed by atoms with Gasteiger partial charge in [0.2, 0.25) is 5.91 Å². The van der Waals surface area contributed by atoms with Crippen LogP contribution in [0.15, 0.2) is 12.2 Å². The van der Waals surface area contributed by atoms with Crippen molar-refractivity contribution in [3.05, 3.63) is 12.2 Å². The van der Waals surface area contributed by atoms with E-state index in [1.165, 1.54) is 12.2 Å². The Kier molecular flexibility index (Phi) is 7.13. The van der Waals surface area contributed by atoms with Crippen molar-refractivity contribution in [1.29, 1.82) is 0 Å². The van der Waals surface area contributed by atoms with E-state index in [0.717, 1.165) is 4.90 Å². The smallest absolute Gasteiger partial charge is 0.254 e. The molecule has 0 saturated heterocycles. The van der Waals surface area contributed by atoms with Crippen molar-refractivity contribution >= 4 is 17.7 Å². The number of nitrogens with zero attached hydrogens (tertiary/aromatic N) is 1. The van der Waals surface area contributed by atoms with Crippen molar-refractivity contribution in [3.8, 4) is 0 Å². The number of amides is 3. The molecule has 0 bridgehead atoms. The summed E-state index contributed by atoms with van der Waals surface area (Å²) in [4.78, 5) is 37.2. The Morgan fingerprint density at radius 1 is 1.08 bits per heavy atom. The molecule has 2 N–H and O–H groups in total. The van der Waals surface area contributed by atoms with E-state index in [0.29, 0.717) is 19.4 Å². The molecule has 1 aliphatic heterocycles. The first-order chi connectivity index (χ1) is 11.8. The highest BCUT2D eigenvalue weighted by Crippen LogP contribution is 2.24. The highest BCUT2D eigenvalue weighted by atomic mass is 16.5. The molecule has 148 valence electrons. The molecule has 0 aromatic heterocycles. The van der Waals surface area contributed by atoms with Crippen molar-refractivity contribution in [2.75, 3.05) is 13.2 Å². The zero-order valence-electron chi connectivity index (χ0n) is 16.7. The van der Waals surface area contributed by atoms with Crippen LogP contribution in [-0.2, 0) is 19.1 Å². The van der Waals surface area contributed by atoms with Crippen molar-refractivity contribution in [3.63, 3.8) is 0 Å². The van der Waals surface area contributed by atoms with Crippen LogP contribution in [-0.4, -0.2) is 57.6 Å². The molecule has 1 heterocycles. The second kappa shape index (κ2) is 8.31. The summed E-state index contributed by atoms with van der Waals surface area (Å²) in [7, 11) is 0. The van der Waals surface area contributed by atoms with Crippen LogP contribution in [0.3, 0.4) is 0 Å². The number of hydrogen-bond acceptors (Lipinski definition) is 5. The van der Waals surface area contributed by atoms with Crippen LogP contribution in [0.2, 0.25) is 0 Å². The van der Waals surface area contributed by atoms with Crippen LogP contribution in [0.5, 0.6) is 0 Å². The van der Waals surface area contributed by atoms with Crippen LogP contribution >= 0.6 is 0 Å². The van der Waals surface area contributed by atoms with Gasteiger partial charge in [-0.3, -0.25) is 19.3 Å². The maximum absolute atomic E-state index is 12.5. The van der Waals surface area contributed by atoms with Crippen LogP contribution in [0.1, 0.15) is 60.8 Å². The molecule has 0 aliphatic carbocycles. The van der Waals surface area contributed by atoms with Crippen molar-refractivity contribution in [1.82, 2.24) is 10.2 Å². The summed E-state index contributed by atoms with van der Waals surface area (Å²) in [6.07, 6.45) is 3.60. The molecule has 0 atom stereocenters. The Bertz CT molecular complexity index is 560. The van der Waals surface area contributed by atoms with E-state index < -0.39 is 28.5 Å². The third-order valence-corrected chi connectivity index (χ3v) is 4.42. The van der Waals surface area contributed by atoms with Gasteiger partial charge in [0, 0.05) is 37.3 Å². The average Bonchev–Trinajstić information content (AvgIpc) is 2.76. The minimum atomic E-state index is -0.905. The minimum Gasteiger partial charge on any atom is -0.396 e. The lowest BCUT2D eigenvalue weighted by molar-refractivity contribution is -0.144. The van der Waals surface area contributed by atoms with Crippen molar-refractivity contribution in [2.45, 2.75) is 77.5 Å². The van der Waals surface area contributed by atoms with E-state index in [1.807, 2.05) is 27.7 Å². The first-order valence-corrected chi connectivity index (χ1v) is 8.92. The van der Waals surface area contributed by atoms with Gasteiger partial charge in [-0.05, 0) is 54.4 Å². The molecule has 0 aromatic carbocycles. The van der Waals surface area contributed by atoms with Gasteiger partial charge in [0.05, 0.1) is 11.1 Å². The lowest BCUT2D eigenvalue weighted by Crippen LogP contribution is -2.52. The molecule has 3 amide bonds. The Hall–Kier alpha value is -1.73. The molecule has 7 heteroatoms. The maximum Gasteiger partial charge on any atom is 0.254 e. The third-order valence-electron chi connectivity index (χ3n) is 4.42. The number of aliphatic hydroxyl groups excluding tert-OH is 1. The van der Waals surface area contributed by atoms with Gasteiger partial charge in [-0.1, -0.05) is 0 Å². The van der Waals surface area contributed by atoms with Crippen LogP contribution in [0.25, 0.3) is 0 Å². The fourth-order valence-corrected chi connectivity index (χ4v) is 2.88. The van der Waals surface area contributed by atoms with Gasteiger partial charge in [-0.25, -0.2) is 0 Å². The molecular formula is C19H32N2O5. The second-order valence-corrected chi connectivity index (χ2v) is 8.60. The number of imide groups is 1. The van der Waals surface area contributed by atoms with E-state index >= 15 is 0 Å². The van der Waals surface area contributed by atoms with E-state index in [4.69, 9.17) is 9.84 Å². The molecule has 1 rings (SSSR count). The molecule has 7 nitrogen and oxygen atoms in total. The maximum atomic E-state index is 12.5. The fourth-order valence-electron chi connectivity index (χ4n) is 2.88. The lowest BCUT2D eigenvalue weighted by atomic mass is 9.95. The normalized spacial score (nSPS) is 15.7. The summed E-state index contributed by atoms with van der Waals surface area (Å²) in [5.74, 6) is -1.03. The largest absolute Gasteiger partial charge is 0.396 e. The van der Waals surface area contributed by atoms with Gasteiger partial charge in [0.25, 0.3) is 11.8 Å². The molecule has 0 saturated carbocycles. The zero-order valence-corrected chi connectivity index (χ0v) is 16.7. The van der Waals surface area contributed by atoms with Gasteiger partial charge in [-0.15, -0.1) is 0 Å². The zero-order chi connectivity index (χ0) is 20.2. The molecular weight excluding hydrogens is 336 g/mol. The van der Waals surface area contributed by atoms with Crippen LogP contribution in [0.4, 0.5) is 0 Å². The second-order valence-electron chi connectivity index (χ2n) is 8.60. The molecule has 1 aliphatic rings. The van der Waals surface area contributed by atoms with E-state index in [1.54, 1.807) is 13.8 Å². The van der Waals surface area contributed by atoms with Crippen LogP contribution in [0, 0.1) is 0 Å². The summed E-state index contributed by atoms with van der Waals surface area (Å²) in [6.45, 7) is 11.5. The molecule has 0 unspecified atom stereocenters. The summed E-state index contributed by atoms with van der Waals surface area (Å²) < 4.78 is 5.78. The number of aliphatic hydroxyl groups is 1. The predicted octanol–water partition coefficient (Wildman–Crippen LogP) is 1.54. The first kappa shape index (κ1) is 22.3. The predicted molar refractivity (Wildman–Crippen MR) is 98.3 cm³/mol. The third kappa shape index (κ3) is 6.53. The number of carbonyl (C=O) groups excluding carboxylic acids is 3. The van der Waals surface area contributed by atoms with Gasteiger partial charge < -0.3 is 15.2 Å². The quantitative estimate of drug-likeness (QED) is 0.570. The van der Waals surface area contributed by atoms with E-state index in [2.05, 4.69) is 5.32 Å². The SMILES string of the molecule is CC(C)(CCOC(C)(C)CCO)NC(=O)CC(C)(C)N1C(=O)C=CC1=O. The highest BCUT2D eigenvalue weighted by molar-refractivity contribution is 6.13. The summed E-state index contributed by atoms with van der Waals surface area (Å²) >= 11 is 0.